The molecular formula is C23H17Cl4F3N4OS. The van der Waals surface area contributed by atoms with Crippen molar-refractivity contribution in [3.8, 4) is 6.07 Å². The Bertz CT molecular complexity index is 1370. The zero-order valence-electron chi connectivity index (χ0n) is 18.5. The first kappa shape index (κ1) is 27.4. The van der Waals surface area contributed by atoms with Crippen LogP contribution in [0.5, 0.6) is 0 Å². The standard InChI is InChI=1S/C23H17Cl4F3N4OS/c1-12-14(9-31)19(18(26)17(25)16(12)23(28,29)30)36-20-32-11-33-34(20)10-22(35,21(27)6-7-21)8-13-4-2-3-5-15(13)24/h2-5,11,35H,6-8,10H2,1H3. The summed E-state index contributed by atoms with van der Waals surface area (Å²) in [5, 5.41) is 25.1. The highest BCUT2D eigenvalue weighted by molar-refractivity contribution is 7.99. The van der Waals surface area contributed by atoms with Gasteiger partial charge in [0.15, 0.2) is 5.16 Å². The van der Waals surface area contributed by atoms with Gasteiger partial charge in [0.05, 0.1) is 37.5 Å². The summed E-state index contributed by atoms with van der Waals surface area (Å²) in [7, 11) is 0. The predicted molar refractivity (Wildman–Crippen MR) is 133 cm³/mol. The van der Waals surface area contributed by atoms with E-state index in [0.29, 0.717) is 23.4 Å². The Kier molecular flexibility index (Phi) is 7.52. The second-order valence-corrected chi connectivity index (χ2v) is 11.4. The van der Waals surface area contributed by atoms with Crippen molar-refractivity contribution in [3.05, 3.63) is 67.9 Å². The summed E-state index contributed by atoms with van der Waals surface area (Å²) in [6, 6.07) is 8.87. The normalized spacial score (nSPS) is 16.4. The van der Waals surface area contributed by atoms with Gasteiger partial charge >= 0.3 is 6.18 Å². The number of halogens is 7. The molecule has 1 atom stereocenters. The Labute approximate surface area is 229 Å². The Morgan fingerprint density at radius 3 is 2.44 bits per heavy atom. The fourth-order valence-electron chi connectivity index (χ4n) is 4.01. The van der Waals surface area contributed by atoms with Crippen molar-refractivity contribution in [2.75, 3.05) is 0 Å². The van der Waals surface area contributed by atoms with Gasteiger partial charge in [0.25, 0.3) is 0 Å². The van der Waals surface area contributed by atoms with E-state index in [1.807, 2.05) is 0 Å². The maximum atomic E-state index is 13.6. The number of nitrogens with zero attached hydrogens (tertiary/aromatic N) is 4. The van der Waals surface area contributed by atoms with Crippen molar-refractivity contribution >= 4 is 58.2 Å². The Morgan fingerprint density at radius 1 is 1.19 bits per heavy atom. The lowest BCUT2D eigenvalue weighted by Gasteiger charge is -2.33. The molecule has 0 spiro atoms. The summed E-state index contributed by atoms with van der Waals surface area (Å²) in [5.41, 5.74) is -2.57. The molecule has 0 radical (unpaired) electrons. The van der Waals surface area contributed by atoms with E-state index in [4.69, 9.17) is 46.4 Å². The third-order valence-electron chi connectivity index (χ3n) is 6.13. The fraction of sp³-hybridized carbons (Fsp3) is 0.348. The van der Waals surface area contributed by atoms with E-state index in [-0.39, 0.29) is 34.1 Å². The molecule has 1 aromatic heterocycles. The number of rotatable bonds is 7. The van der Waals surface area contributed by atoms with Gasteiger partial charge in [-0.2, -0.15) is 23.5 Å². The van der Waals surface area contributed by atoms with Gasteiger partial charge in [-0.15, -0.1) is 11.6 Å². The van der Waals surface area contributed by atoms with Gasteiger partial charge in [-0.3, -0.25) is 0 Å². The zero-order valence-corrected chi connectivity index (χ0v) is 22.3. The van der Waals surface area contributed by atoms with Gasteiger partial charge in [-0.05, 0) is 48.7 Å². The van der Waals surface area contributed by atoms with E-state index >= 15 is 0 Å². The molecule has 1 fully saturated rings. The molecule has 0 amide bonds. The lowest BCUT2D eigenvalue weighted by Crippen LogP contribution is -2.47. The first-order chi connectivity index (χ1) is 16.8. The zero-order chi connectivity index (χ0) is 26.5. The highest BCUT2D eigenvalue weighted by Crippen LogP contribution is 2.53. The van der Waals surface area contributed by atoms with Crippen molar-refractivity contribution in [1.29, 1.82) is 5.26 Å². The molecule has 13 heteroatoms. The molecule has 36 heavy (non-hydrogen) atoms. The maximum absolute atomic E-state index is 13.6. The van der Waals surface area contributed by atoms with Crippen LogP contribution in [0.15, 0.2) is 40.6 Å². The number of benzene rings is 2. The summed E-state index contributed by atoms with van der Waals surface area (Å²) in [6.07, 6.45) is -2.29. The predicted octanol–water partition coefficient (Wildman–Crippen LogP) is 7.33. The molecule has 3 aromatic rings. The van der Waals surface area contributed by atoms with Crippen LogP contribution in [0.1, 0.15) is 35.1 Å². The van der Waals surface area contributed by atoms with Gasteiger partial charge in [0, 0.05) is 11.4 Å². The minimum atomic E-state index is -4.80. The molecule has 0 bridgehead atoms. The van der Waals surface area contributed by atoms with Crippen LogP contribution in [0.2, 0.25) is 15.1 Å². The molecule has 5 nitrogen and oxygen atoms in total. The topological polar surface area (TPSA) is 74.7 Å². The van der Waals surface area contributed by atoms with E-state index in [1.165, 1.54) is 11.0 Å². The van der Waals surface area contributed by atoms with Crippen LogP contribution in [0.4, 0.5) is 13.2 Å². The number of hydrogen-bond acceptors (Lipinski definition) is 5. The summed E-state index contributed by atoms with van der Waals surface area (Å²) < 4.78 is 42.0. The highest BCUT2D eigenvalue weighted by atomic mass is 35.5. The van der Waals surface area contributed by atoms with Crippen molar-refractivity contribution in [2.45, 2.75) is 59.4 Å². The van der Waals surface area contributed by atoms with Crippen LogP contribution in [-0.2, 0) is 19.1 Å². The number of hydrogen-bond donors (Lipinski definition) is 1. The second kappa shape index (κ2) is 9.90. The molecule has 190 valence electrons. The van der Waals surface area contributed by atoms with Gasteiger partial charge in [-0.25, -0.2) is 9.67 Å². The molecule has 1 N–H and O–H groups in total. The van der Waals surface area contributed by atoms with E-state index in [0.717, 1.165) is 18.7 Å². The molecule has 1 aliphatic rings. The lowest BCUT2D eigenvalue weighted by atomic mass is 9.89. The minimum Gasteiger partial charge on any atom is -0.386 e. The lowest BCUT2D eigenvalue weighted by molar-refractivity contribution is -0.138. The summed E-state index contributed by atoms with van der Waals surface area (Å²) in [6.45, 7) is 1.07. The number of aromatic nitrogens is 3. The molecular weight excluding hydrogens is 579 g/mol. The average molecular weight is 596 g/mol. The van der Waals surface area contributed by atoms with E-state index in [1.54, 1.807) is 30.3 Å². The molecule has 4 rings (SSSR count). The SMILES string of the molecule is Cc1c(C#N)c(Sc2ncnn2CC(O)(Cc2ccccc2Cl)C2(Cl)CC2)c(Cl)c(Cl)c1C(F)(F)F. The first-order valence-corrected chi connectivity index (χ1v) is 12.8. The second-order valence-electron chi connectivity index (χ2n) is 8.51. The monoisotopic (exact) mass is 594 g/mol. The van der Waals surface area contributed by atoms with Crippen LogP contribution in [0, 0.1) is 18.3 Å². The Morgan fingerprint density at radius 2 is 1.86 bits per heavy atom. The molecule has 1 heterocycles. The third kappa shape index (κ3) is 5.04. The van der Waals surface area contributed by atoms with E-state index in [9.17, 15) is 23.5 Å². The Hall–Kier alpha value is -1.67. The Balaban J connectivity index is 1.72. The van der Waals surface area contributed by atoms with Gasteiger partial charge in [-0.1, -0.05) is 53.0 Å². The van der Waals surface area contributed by atoms with Crippen LogP contribution >= 0.6 is 58.2 Å². The third-order valence-corrected chi connectivity index (χ3v) is 9.31. The molecule has 2 aromatic carbocycles. The van der Waals surface area contributed by atoms with Crippen LogP contribution in [0.25, 0.3) is 0 Å². The highest BCUT2D eigenvalue weighted by Gasteiger charge is 2.58. The van der Waals surface area contributed by atoms with E-state index in [2.05, 4.69) is 10.1 Å². The minimum absolute atomic E-state index is 0.00516. The van der Waals surface area contributed by atoms with E-state index < -0.39 is 32.3 Å². The van der Waals surface area contributed by atoms with Crippen molar-refractivity contribution in [2.24, 2.45) is 0 Å². The quantitative estimate of drug-likeness (QED) is 0.289. The average Bonchev–Trinajstić information content (AvgIpc) is 3.42. The molecule has 0 saturated heterocycles. The van der Waals surface area contributed by atoms with Crippen molar-refractivity contribution in [3.63, 3.8) is 0 Å². The van der Waals surface area contributed by atoms with Crippen molar-refractivity contribution < 1.29 is 18.3 Å². The van der Waals surface area contributed by atoms with Crippen LogP contribution in [0.3, 0.4) is 0 Å². The van der Waals surface area contributed by atoms with Gasteiger partial charge in [0.1, 0.15) is 18.0 Å². The molecule has 0 aliphatic heterocycles. The summed E-state index contributed by atoms with van der Waals surface area (Å²) >= 11 is 26.1. The largest absolute Gasteiger partial charge is 0.418 e. The smallest absolute Gasteiger partial charge is 0.386 e. The fourth-order valence-corrected chi connectivity index (χ4v) is 6.13. The molecule has 1 unspecified atom stereocenters. The van der Waals surface area contributed by atoms with Crippen molar-refractivity contribution in [1.82, 2.24) is 14.8 Å². The molecule has 1 saturated carbocycles. The van der Waals surface area contributed by atoms with Gasteiger partial charge < -0.3 is 5.11 Å². The van der Waals surface area contributed by atoms with Gasteiger partial charge in [0.2, 0.25) is 0 Å². The number of nitriles is 1. The van der Waals surface area contributed by atoms with Crippen LogP contribution < -0.4 is 0 Å². The summed E-state index contributed by atoms with van der Waals surface area (Å²) in [4.78, 5) is 3.26. The summed E-state index contributed by atoms with van der Waals surface area (Å²) in [5.74, 6) is 0. The van der Waals surface area contributed by atoms with Crippen LogP contribution in [-0.4, -0.2) is 30.3 Å². The number of alkyl halides is 4. The number of aliphatic hydroxyl groups is 1. The first-order valence-electron chi connectivity index (χ1n) is 10.5. The molecule has 1 aliphatic carbocycles. The maximum Gasteiger partial charge on any atom is 0.418 e.